The van der Waals surface area contributed by atoms with E-state index in [1.165, 1.54) is 0 Å². The molecule has 0 atom stereocenters. The zero-order valence-corrected chi connectivity index (χ0v) is 10.3. The van der Waals surface area contributed by atoms with E-state index in [2.05, 4.69) is 10.2 Å². The fraction of sp³-hybridized carbons (Fsp3) is 0.545. The van der Waals surface area contributed by atoms with E-state index in [0.717, 1.165) is 5.69 Å². The zero-order valence-electron chi connectivity index (χ0n) is 10.3. The van der Waals surface area contributed by atoms with Gasteiger partial charge in [0.2, 0.25) is 5.91 Å². The molecule has 17 heavy (non-hydrogen) atoms. The molecule has 0 bridgehead atoms. The molecule has 0 spiro atoms. The minimum absolute atomic E-state index is 0.0246. The van der Waals surface area contributed by atoms with Crippen LogP contribution in [0.15, 0.2) is 0 Å². The Morgan fingerprint density at radius 1 is 1.35 bits per heavy atom. The first-order valence-corrected chi connectivity index (χ1v) is 5.55. The van der Waals surface area contributed by atoms with Crippen LogP contribution >= 0.6 is 0 Å². The molecule has 1 N–H and O–H groups in total. The van der Waals surface area contributed by atoms with Crippen LogP contribution in [0.4, 0.5) is 0 Å². The summed E-state index contributed by atoms with van der Waals surface area (Å²) in [5.41, 5.74) is 2.01. The molecular weight excluding hydrogens is 220 g/mol. The van der Waals surface area contributed by atoms with E-state index < -0.39 is 0 Å². The molecule has 0 radical (unpaired) electrons. The largest absolute Gasteiger partial charge is 0.342 e. The number of aryl methyl sites for hydroxylation is 2. The standard InChI is InChI=1S/C11H16N4O2/c1-7-10(8(2)13-12-7)11(17)15-5-4-14(3)9(16)6-15/h4-6H2,1-3H3,(H,12,13). The predicted octanol–water partition coefficient (Wildman–Crippen LogP) is -0.0593. The molecular formula is C11H16N4O2. The molecule has 6 nitrogen and oxygen atoms in total. The summed E-state index contributed by atoms with van der Waals surface area (Å²) in [4.78, 5) is 27.0. The number of rotatable bonds is 1. The molecule has 1 aliphatic heterocycles. The topological polar surface area (TPSA) is 69.3 Å². The Bertz CT molecular complexity index is 447. The quantitative estimate of drug-likeness (QED) is 0.742. The van der Waals surface area contributed by atoms with Gasteiger partial charge in [0, 0.05) is 25.8 Å². The fourth-order valence-corrected chi connectivity index (χ4v) is 1.96. The summed E-state index contributed by atoms with van der Waals surface area (Å²) in [5.74, 6) is -0.140. The second-order valence-corrected chi connectivity index (χ2v) is 4.35. The molecule has 1 saturated heterocycles. The van der Waals surface area contributed by atoms with Gasteiger partial charge >= 0.3 is 0 Å². The molecule has 92 valence electrons. The van der Waals surface area contributed by atoms with Crippen molar-refractivity contribution in [2.75, 3.05) is 26.7 Å². The maximum Gasteiger partial charge on any atom is 0.258 e. The van der Waals surface area contributed by atoms with Gasteiger partial charge in [0.1, 0.15) is 6.54 Å². The molecule has 6 heteroatoms. The fourth-order valence-electron chi connectivity index (χ4n) is 1.96. The molecule has 1 aromatic heterocycles. The number of hydrogen-bond acceptors (Lipinski definition) is 3. The van der Waals surface area contributed by atoms with E-state index in [0.29, 0.717) is 24.3 Å². The van der Waals surface area contributed by atoms with Gasteiger partial charge in [-0.15, -0.1) is 0 Å². The number of aromatic nitrogens is 2. The van der Waals surface area contributed by atoms with Crippen molar-refractivity contribution in [3.05, 3.63) is 17.0 Å². The summed E-state index contributed by atoms with van der Waals surface area (Å²) in [5, 5.41) is 6.78. The first-order chi connectivity index (χ1) is 8.00. The van der Waals surface area contributed by atoms with Crippen molar-refractivity contribution in [1.82, 2.24) is 20.0 Å². The highest BCUT2D eigenvalue weighted by Gasteiger charge is 2.28. The van der Waals surface area contributed by atoms with Gasteiger partial charge in [-0.3, -0.25) is 14.7 Å². The van der Waals surface area contributed by atoms with Crippen LogP contribution in [-0.4, -0.2) is 58.5 Å². The molecule has 2 amide bonds. The van der Waals surface area contributed by atoms with Gasteiger partial charge < -0.3 is 9.80 Å². The molecule has 1 fully saturated rings. The molecule has 0 unspecified atom stereocenters. The first kappa shape index (κ1) is 11.6. The number of likely N-dealkylation sites (N-methyl/N-ethyl adjacent to an activating group) is 1. The molecule has 1 aromatic rings. The molecule has 0 aliphatic carbocycles. The lowest BCUT2D eigenvalue weighted by Gasteiger charge is -2.32. The summed E-state index contributed by atoms with van der Waals surface area (Å²) in [6.45, 7) is 4.91. The van der Waals surface area contributed by atoms with Crippen molar-refractivity contribution in [2.24, 2.45) is 0 Å². The normalized spacial score (nSPS) is 16.5. The average molecular weight is 236 g/mol. The van der Waals surface area contributed by atoms with Gasteiger partial charge in [-0.1, -0.05) is 0 Å². The van der Waals surface area contributed by atoms with Crippen molar-refractivity contribution >= 4 is 11.8 Å². The summed E-state index contributed by atoms with van der Waals surface area (Å²) in [7, 11) is 1.75. The second kappa shape index (κ2) is 4.20. The molecule has 1 aliphatic rings. The van der Waals surface area contributed by atoms with Crippen LogP contribution in [0.2, 0.25) is 0 Å². The molecule has 0 aromatic carbocycles. The SMILES string of the molecule is Cc1n[nH]c(C)c1C(=O)N1CCN(C)C(=O)C1. The second-order valence-electron chi connectivity index (χ2n) is 4.35. The summed E-state index contributed by atoms with van der Waals surface area (Å²) in [6, 6.07) is 0. The van der Waals surface area contributed by atoms with Crippen LogP contribution in [0.3, 0.4) is 0 Å². The third kappa shape index (κ3) is 2.02. The Morgan fingerprint density at radius 3 is 2.59 bits per heavy atom. The van der Waals surface area contributed by atoms with Crippen molar-refractivity contribution in [2.45, 2.75) is 13.8 Å². The van der Waals surface area contributed by atoms with Crippen LogP contribution in [-0.2, 0) is 4.79 Å². The third-order valence-corrected chi connectivity index (χ3v) is 3.09. The monoisotopic (exact) mass is 236 g/mol. The summed E-state index contributed by atoms with van der Waals surface area (Å²) >= 11 is 0. The number of carbonyl (C=O) groups is 2. The average Bonchev–Trinajstić information content (AvgIpc) is 2.62. The van der Waals surface area contributed by atoms with Gasteiger partial charge in [0.15, 0.2) is 0 Å². The number of amides is 2. The lowest BCUT2D eigenvalue weighted by Crippen LogP contribution is -2.50. The van der Waals surface area contributed by atoms with Gasteiger partial charge in [-0.25, -0.2) is 0 Å². The number of nitrogens with one attached hydrogen (secondary N) is 1. The minimum Gasteiger partial charge on any atom is -0.342 e. The third-order valence-electron chi connectivity index (χ3n) is 3.09. The van der Waals surface area contributed by atoms with Gasteiger partial charge in [-0.05, 0) is 13.8 Å². The van der Waals surface area contributed by atoms with E-state index in [9.17, 15) is 9.59 Å². The van der Waals surface area contributed by atoms with Crippen molar-refractivity contribution in [1.29, 1.82) is 0 Å². The lowest BCUT2D eigenvalue weighted by atomic mass is 10.1. The maximum absolute atomic E-state index is 12.2. The number of hydrogen-bond donors (Lipinski definition) is 1. The lowest BCUT2D eigenvalue weighted by molar-refractivity contribution is -0.133. The number of H-pyrrole nitrogens is 1. The van der Waals surface area contributed by atoms with E-state index in [-0.39, 0.29) is 18.4 Å². The Kier molecular flexibility index (Phi) is 2.87. The Hall–Kier alpha value is -1.85. The molecule has 2 rings (SSSR count). The Labute approximate surface area is 99.6 Å². The number of piperazine rings is 1. The Morgan fingerprint density at radius 2 is 2.06 bits per heavy atom. The summed E-state index contributed by atoms with van der Waals surface area (Å²) < 4.78 is 0. The summed E-state index contributed by atoms with van der Waals surface area (Å²) in [6.07, 6.45) is 0. The minimum atomic E-state index is -0.116. The van der Waals surface area contributed by atoms with Crippen molar-refractivity contribution in [3.8, 4) is 0 Å². The van der Waals surface area contributed by atoms with Crippen LogP contribution < -0.4 is 0 Å². The van der Waals surface area contributed by atoms with Crippen LogP contribution in [0.5, 0.6) is 0 Å². The predicted molar refractivity (Wildman–Crippen MR) is 61.6 cm³/mol. The number of nitrogens with zero attached hydrogens (tertiary/aromatic N) is 3. The van der Waals surface area contributed by atoms with Crippen molar-refractivity contribution in [3.63, 3.8) is 0 Å². The van der Waals surface area contributed by atoms with Crippen LogP contribution in [0, 0.1) is 13.8 Å². The van der Waals surface area contributed by atoms with Crippen LogP contribution in [0.1, 0.15) is 21.7 Å². The van der Waals surface area contributed by atoms with Gasteiger partial charge in [0.05, 0.1) is 11.3 Å². The van der Waals surface area contributed by atoms with E-state index in [1.54, 1.807) is 23.8 Å². The first-order valence-electron chi connectivity index (χ1n) is 5.55. The Balaban J connectivity index is 2.19. The van der Waals surface area contributed by atoms with Gasteiger partial charge in [0.25, 0.3) is 5.91 Å². The molecule has 2 heterocycles. The van der Waals surface area contributed by atoms with E-state index >= 15 is 0 Å². The maximum atomic E-state index is 12.2. The highest BCUT2D eigenvalue weighted by Crippen LogP contribution is 2.14. The van der Waals surface area contributed by atoms with E-state index in [1.807, 2.05) is 6.92 Å². The highest BCUT2D eigenvalue weighted by molar-refractivity contribution is 5.98. The van der Waals surface area contributed by atoms with Crippen molar-refractivity contribution < 1.29 is 9.59 Å². The van der Waals surface area contributed by atoms with Gasteiger partial charge in [-0.2, -0.15) is 5.10 Å². The zero-order chi connectivity index (χ0) is 12.6. The van der Waals surface area contributed by atoms with Crippen LogP contribution in [0.25, 0.3) is 0 Å². The molecule has 0 saturated carbocycles. The smallest absolute Gasteiger partial charge is 0.258 e. The van der Waals surface area contributed by atoms with E-state index in [4.69, 9.17) is 0 Å². The highest BCUT2D eigenvalue weighted by atomic mass is 16.2. The number of carbonyl (C=O) groups excluding carboxylic acids is 2. The number of aromatic amines is 1.